The predicted molar refractivity (Wildman–Crippen MR) is 214 cm³/mol. The van der Waals surface area contributed by atoms with Gasteiger partial charge >= 0.3 is 0 Å². The zero-order valence-electron chi connectivity index (χ0n) is 30.3. The van der Waals surface area contributed by atoms with Crippen molar-refractivity contribution in [3.8, 4) is 0 Å². The molecule has 9 heteroatoms. The summed E-state index contributed by atoms with van der Waals surface area (Å²) >= 11 is 3.68. The highest BCUT2D eigenvalue weighted by Crippen LogP contribution is 2.34. The molecule has 3 aromatic rings. The minimum Gasteiger partial charge on any atom is -0.315 e. The quantitative estimate of drug-likeness (QED) is 0.200. The number of nitrogens with one attached hydrogen (secondary N) is 6. The van der Waals surface area contributed by atoms with Crippen LogP contribution in [0.15, 0.2) is 77.3 Å². The zero-order valence-corrected chi connectivity index (χ0v) is 31.9. The van der Waals surface area contributed by atoms with Crippen LogP contribution < -0.4 is 31.9 Å². The Bertz CT molecular complexity index is 1230. The number of halogens is 1. The molecule has 2 fully saturated rings. The first-order valence-electron chi connectivity index (χ1n) is 19.4. The van der Waals surface area contributed by atoms with Crippen LogP contribution in [0.4, 0.5) is 0 Å². The molecule has 6 N–H and O–H groups in total. The molecule has 5 rings (SSSR count). The van der Waals surface area contributed by atoms with Gasteiger partial charge in [-0.05, 0) is 118 Å². The van der Waals surface area contributed by atoms with E-state index in [1.165, 1.54) is 40.7 Å². The van der Waals surface area contributed by atoms with Gasteiger partial charge in [-0.25, -0.2) is 0 Å². The Hall–Kier alpha value is -2.18. The Labute approximate surface area is 311 Å². The summed E-state index contributed by atoms with van der Waals surface area (Å²) < 4.78 is 1.12. The van der Waals surface area contributed by atoms with Gasteiger partial charge in [0.15, 0.2) is 0 Å². The second-order valence-electron chi connectivity index (χ2n) is 13.9. The average molecular weight is 748 g/mol. The number of hydrogen-bond acceptors (Lipinski definition) is 8. The highest BCUT2D eigenvalue weighted by Gasteiger charge is 2.19. The van der Waals surface area contributed by atoms with Crippen LogP contribution in [0.25, 0.3) is 0 Å². The summed E-state index contributed by atoms with van der Waals surface area (Å²) in [4.78, 5) is 5.27. The van der Waals surface area contributed by atoms with Crippen molar-refractivity contribution in [2.24, 2.45) is 0 Å². The number of nitrogens with zero attached hydrogens (tertiary/aromatic N) is 2. The van der Waals surface area contributed by atoms with E-state index >= 15 is 0 Å². The molecule has 0 unspecified atom stereocenters. The van der Waals surface area contributed by atoms with Gasteiger partial charge in [-0.2, -0.15) is 0 Å². The zero-order chi connectivity index (χ0) is 34.5. The Morgan fingerprint density at radius 3 is 1.32 bits per heavy atom. The van der Waals surface area contributed by atoms with Crippen molar-refractivity contribution in [3.63, 3.8) is 0 Å². The van der Waals surface area contributed by atoms with Crippen LogP contribution in [0.1, 0.15) is 59.4 Å². The van der Waals surface area contributed by atoms with E-state index in [0.717, 1.165) is 135 Å². The highest BCUT2D eigenvalue weighted by molar-refractivity contribution is 9.10. The molecule has 0 saturated carbocycles. The SMILES string of the molecule is Brc1ccc(C(c2cccc(CN3CCCNCCNCCCNCC3)c2)c2cccc(CN3CCCNCCNCCCNCC3)c2)cc1. The highest BCUT2D eigenvalue weighted by atomic mass is 79.9. The maximum Gasteiger partial charge on any atom is 0.0340 e. The van der Waals surface area contributed by atoms with E-state index in [0.29, 0.717) is 0 Å². The van der Waals surface area contributed by atoms with Crippen molar-refractivity contribution >= 4 is 15.9 Å². The third kappa shape index (κ3) is 14.4. The Kier molecular flexibility index (Phi) is 18.3. The van der Waals surface area contributed by atoms with Crippen LogP contribution >= 0.6 is 15.9 Å². The molecule has 0 aromatic heterocycles. The molecule has 0 aliphatic carbocycles. The van der Waals surface area contributed by atoms with Gasteiger partial charge in [0.05, 0.1) is 0 Å². The molecule has 0 bridgehead atoms. The molecule has 0 atom stereocenters. The van der Waals surface area contributed by atoms with Crippen LogP contribution in [0.2, 0.25) is 0 Å². The predicted octanol–water partition coefficient (Wildman–Crippen LogP) is 4.36. The van der Waals surface area contributed by atoms with Crippen molar-refractivity contribution in [1.82, 2.24) is 41.7 Å². The van der Waals surface area contributed by atoms with Gasteiger partial charge in [0.1, 0.15) is 0 Å². The third-order valence-electron chi connectivity index (χ3n) is 9.82. The first-order chi connectivity index (χ1) is 24.7. The van der Waals surface area contributed by atoms with E-state index in [-0.39, 0.29) is 5.92 Å². The molecule has 0 spiro atoms. The van der Waals surface area contributed by atoms with E-state index < -0.39 is 0 Å². The van der Waals surface area contributed by atoms with Gasteiger partial charge in [0.25, 0.3) is 0 Å². The molecule has 0 amide bonds. The summed E-state index contributed by atoms with van der Waals surface area (Å²) in [6.07, 6.45) is 4.67. The molecule has 50 heavy (non-hydrogen) atoms. The minimum absolute atomic E-state index is 0.167. The van der Waals surface area contributed by atoms with Crippen LogP contribution in [-0.4, -0.2) is 115 Å². The summed E-state index contributed by atoms with van der Waals surface area (Å²) in [5, 5.41) is 21.7. The second-order valence-corrected chi connectivity index (χ2v) is 14.9. The summed E-state index contributed by atoms with van der Waals surface area (Å²) in [7, 11) is 0. The topological polar surface area (TPSA) is 78.7 Å². The monoisotopic (exact) mass is 746 g/mol. The van der Waals surface area contributed by atoms with Crippen molar-refractivity contribution < 1.29 is 0 Å². The van der Waals surface area contributed by atoms with Crippen LogP contribution in [0.5, 0.6) is 0 Å². The third-order valence-corrected chi connectivity index (χ3v) is 10.3. The fourth-order valence-electron chi connectivity index (χ4n) is 7.14. The summed E-state index contributed by atoms with van der Waals surface area (Å²) in [5.41, 5.74) is 6.83. The molecular weight excluding hydrogens is 684 g/mol. The lowest BCUT2D eigenvalue weighted by Crippen LogP contribution is -2.36. The Morgan fingerprint density at radius 2 is 0.860 bits per heavy atom. The molecule has 8 nitrogen and oxygen atoms in total. The number of hydrogen-bond donors (Lipinski definition) is 6. The van der Waals surface area contributed by atoms with Crippen LogP contribution in [0.3, 0.4) is 0 Å². The standard InChI is InChI=1S/C41H63BrN8/c42-40-13-11-37(12-14-40)41(38-9-1-7-35(31-38)33-49-27-5-19-45-23-21-43-15-3-17-47-25-29-49)39-10-2-8-36(32-39)34-50-28-6-20-46-24-22-44-16-4-18-48-26-30-50/h1-2,7-14,31-32,41,43-48H,3-6,15-30,33-34H2. The molecule has 2 saturated heterocycles. The molecule has 2 aliphatic rings. The van der Waals surface area contributed by atoms with Crippen molar-refractivity contribution in [3.05, 3.63) is 105 Å². The van der Waals surface area contributed by atoms with Crippen molar-refractivity contribution in [1.29, 1.82) is 0 Å². The summed E-state index contributed by atoms with van der Waals surface area (Å²) in [6, 6.07) is 27.7. The lowest BCUT2D eigenvalue weighted by Gasteiger charge is -2.26. The van der Waals surface area contributed by atoms with Gasteiger partial charge in [0, 0.05) is 75.8 Å². The Balaban J connectivity index is 1.32. The normalized spacial score (nSPS) is 19.8. The fourth-order valence-corrected chi connectivity index (χ4v) is 7.41. The maximum absolute atomic E-state index is 3.68. The first kappa shape index (κ1) is 39.0. The van der Waals surface area contributed by atoms with Crippen LogP contribution in [-0.2, 0) is 13.1 Å². The van der Waals surface area contributed by atoms with Gasteiger partial charge in [-0.1, -0.05) is 76.6 Å². The lowest BCUT2D eigenvalue weighted by molar-refractivity contribution is 0.260. The first-order valence-corrected chi connectivity index (χ1v) is 20.2. The fraction of sp³-hybridized carbons (Fsp3) is 0.561. The summed E-state index contributed by atoms with van der Waals surface area (Å²) in [5.74, 6) is 0.167. The molecule has 3 aromatic carbocycles. The molecule has 274 valence electrons. The lowest BCUT2D eigenvalue weighted by atomic mass is 9.84. The van der Waals surface area contributed by atoms with Crippen molar-refractivity contribution in [2.75, 3.05) is 105 Å². The molecule has 2 heterocycles. The molecule has 0 radical (unpaired) electrons. The van der Waals surface area contributed by atoms with Gasteiger partial charge in [0.2, 0.25) is 0 Å². The van der Waals surface area contributed by atoms with Crippen molar-refractivity contribution in [2.45, 2.75) is 44.7 Å². The maximum atomic E-state index is 3.68. The second kappa shape index (κ2) is 23.4. The minimum atomic E-state index is 0.167. The largest absolute Gasteiger partial charge is 0.315 e. The number of benzene rings is 3. The van der Waals surface area contributed by atoms with E-state index in [1.807, 2.05) is 0 Å². The smallest absolute Gasteiger partial charge is 0.0340 e. The van der Waals surface area contributed by atoms with Gasteiger partial charge in [-0.15, -0.1) is 0 Å². The van der Waals surface area contributed by atoms with Gasteiger partial charge in [-0.3, -0.25) is 9.80 Å². The average Bonchev–Trinajstić information content (AvgIpc) is 3.13. The van der Waals surface area contributed by atoms with E-state index in [2.05, 4.69) is 130 Å². The van der Waals surface area contributed by atoms with E-state index in [4.69, 9.17) is 0 Å². The molecular formula is C41H63BrN8. The van der Waals surface area contributed by atoms with E-state index in [9.17, 15) is 0 Å². The van der Waals surface area contributed by atoms with Crippen LogP contribution in [0, 0.1) is 0 Å². The number of rotatable bonds is 7. The summed E-state index contributed by atoms with van der Waals surface area (Å²) in [6.45, 7) is 18.9. The van der Waals surface area contributed by atoms with E-state index in [1.54, 1.807) is 0 Å². The Morgan fingerprint density at radius 1 is 0.440 bits per heavy atom. The molecule has 2 aliphatic heterocycles. The van der Waals surface area contributed by atoms with Gasteiger partial charge < -0.3 is 31.9 Å².